The van der Waals surface area contributed by atoms with Crippen LogP contribution in [0.15, 0.2) is 18.2 Å². The highest BCUT2D eigenvalue weighted by molar-refractivity contribution is 7.87. The van der Waals surface area contributed by atoms with Gasteiger partial charge in [-0.15, -0.1) is 0 Å². The average molecular weight is 304 g/mol. The summed E-state index contributed by atoms with van der Waals surface area (Å²) in [5.41, 5.74) is 0.539. The molecule has 0 fully saturated rings. The van der Waals surface area contributed by atoms with E-state index in [1.54, 1.807) is 13.0 Å². The molecule has 114 valence electrons. The van der Waals surface area contributed by atoms with Crippen molar-refractivity contribution in [1.29, 1.82) is 0 Å². The molecule has 0 heterocycles. The van der Waals surface area contributed by atoms with Gasteiger partial charge in [-0.3, -0.25) is 0 Å². The Hall–Kier alpha value is -1.18. The van der Waals surface area contributed by atoms with Gasteiger partial charge in [0.2, 0.25) is 0 Å². The van der Waals surface area contributed by atoms with E-state index in [1.165, 1.54) is 30.6 Å². The lowest BCUT2D eigenvalue weighted by molar-refractivity contribution is 0.385. The van der Waals surface area contributed by atoms with E-state index >= 15 is 0 Å². The minimum absolute atomic E-state index is 0.131. The standard InChI is InChI=1S/C13H21FN2O3S/c1-5-8-16(3)20(17,18)15-10(2)11-6-7-13(19-4)12(14)9-11/h6-7,9-10,15H,5,8H2,1-4H3/t10-/m0/s1. The third-order valence-corrected chi connectivity index (χ3v) is 4.60. The first kappa shape index (κ1) is 16.9. The van der Waals surface area contributed by atoms with Crippen LogP contribution in [0.5, 0.6) is 5.75 Å². The molecule has 0 spiro atoms. The highest BCUT2D eigenvalue weighted by Crippen LogP contribution is 2.22. The largest absolute Gasteiger partial charge is 0.494 e. The number of hydrogen-bond acceptors (Lipinski definition) is 3. The van der Waals surface area contributed by atoms with Gasteiger partial charge in [0.1, 0.15) is 0 Å². The smallest absolute Gasteiger partial charge is 0.279 e. The van der Waals surface area contributed by atoms with E-state index in [0.717, 1.165) is 6.42 Å². The van der Waals surface area contributed by atoms with Gasteiger partial charge < -0.3 is 4.74 Å². The molecule has 0 unspecified atom stereocenters. The zero-order chi connectivity index (χ0) is 15.3. The van der Waals surface area contributed by atoms with E-state index in [9.17, 15) is 12.8 Å². The van der Waals surface area contributed by atoms with Crippen molar-refractivity contribution in [1.82, 2.24) is 9.03 Å². The summed E-state index contributed by atoms with van der Waals surface area (Å²) >= 11 is 0. The lowest BCUT2D eigenvalue weighted by atomic mass is 10.1. The van der Waals surface area contributed by atoms with Crippen molar-refractivity contribution < 1.29 is 17.5 Å². The van der Waals surface area contributed by atoms with Crippen molar-refractivity contribution >= 4 is 10.2 Å². The fourth-order valence-corrected chi connectivity index (χ4v) is 2.95. The quantitative estimate of drug-likeness (QED) is 0.839. The Kier molecular flexibility index (Phi) is 5.91. The van der Waals surface area contributed by atoms with E-state index < -0.39 is 22.1 Å². The van der Waals surface area contributed by atoms with Gasteiger partial charge in [0.05, 0.1) is 7.11 Å². The second kappa shape index (κ2) is 7.01. The summed E-state index contributed by atoms with van der Waals surface area (Å²) in [6.45, 7) is 3.99. The van der Waals surface area contributed by atoms with E-state index in [0.29, 0.717) is 12.1 Å². The molecule has 0 amide bonds. The summed E-state index contributed by atoms with van der Waals surface area (Å²) in [4.78, 5) is 0. The SMILES string of the molecule is CCCN(C)S(=O)(=O)N[C@@H](C)c1ccc(OC)c(F)c1. The van der Waals surface area contributed by atoms with Crippen molar-refractivity contribution in [2.45, 2.75) is 26.3 Å². The third kappa shape index (κ3) is 4.16. The number of rotatable bonds is 7. The maximum absolute atomic E-state index is 13.6. The summed E-state index contributed by atoms with van der Waals surface area (Å²) in [6.07, 6.45) is 0.725. The second-order valence-electron chi connectivity index (χ2n) is 4.56. The molecular formula is C13H21FN2O3S. The average Bonchev–Trinajstić information content (AvgIpc) is 2.38. The molecule has 20 heavy (non-hydrogen) atoms. The fraction of sp³-hybridized carbons (Fsp3) is 0.538. The van der Waals surface area contributed by atoms with Gasteiger partial charge in [0.15, 0.2) is 11.6 Å². The van der Waals surface area contributed by atoms with Crippen LogP contribution in [0.3, 0.4) is 0 Å². The van der Waals surface area contributed by atoms with Crippen LogP contribution in [0.1, 0.15) is 31.9 Å². The van der Waals surface area contributed by atoms with Crippen molar-refractivity contribution in [2.75, 3.05) is 20.7 Å². The van der Waals surface area contributed by atoms with Gasteiger partial charge in [-0.25, -0.2) is 4.39 Å². The Morgan fingerprint density at radius 3 is 2.60 bits per heavy atom. The molecule has 0 aliphatic carbocycles. The summed E-state index contributed by atoms with van der Waals surface area (Å²) in [5, 5.41) is 0. The molecule has 0 saturated carbocycles. The van der Waals surface area contributed by atoms with Gasteiger partial charge in [0, 0.05) is 19.6 Å². The van der Waals surface area contributed by atoms with Crippen LogP contribution in [-0.4, -0.2) is 33.4 Å². The molecule has 1 rings (SSSR count). The van der Waals surface area contributed by atoms with Crippen molar-refractivity contribution in [2.24, 2.45) is 0 Å². The topological polar surface area (TPSA) is 58.6 Å². The Morgan fingerprint density at radius 2 is 2.10 bits per heavy atom. The van der Waals surface area contributed by atoms with Crippen molar-refractivity contribution in [3.05, 3.63) is 29.6 Å². The normalized spacial score (nSPS) is 13.5. The summed E-state index contributed by atoms with van der Waals surface area (Å²) in [5.74, 6) is -0.384. The fourth-order valence-electron chi connectivity index (χ4n) is 1.77. The van der Waals surface area contributed by atoms with E-state index in [2.05, 4.69) is 4.72 Å². The van der Waals surface area contributed by atoms with Gasteiger partial charge in [-0.2, -0.15) is 17.4 Å². The molecule has 0 aromatic heterocycles. The molecule has 1 aromatic rings. The van der Waals surface area contributed by atoms with Crippen LogP contribution < -0.4 is 9.46 Å². The molecule has 1 aromatic carbocycles. The molecule has 0 saturated heterocycles. The lowest BCUT2D eigenvalue weighted by Gasteiger charge is -2.21. The minimum atomic E-state index is -3.57. The van der Waals surface area contributed by atoms with E-state index in [4.69, 9.17) is 4.74 Å². The molecule has 1 atom stereocenters. The number of methoxy groups -OCH3 is 1. The Balaban J connectivity index is 2.86. The van der Waals surface area contributed by atoms with Gasteiger partial charge in [0.25, 0.3) is 10.2 Å². The lowest BCUT2D eigenvalue weighted by Crippen LogP contribution is -2.39. The van der Waals surface area contributed by atoms with Crippen LogP contribution in [0.2, 0.25) is 0 Å². The first-order valence-electron chi connectivity index (χ1n) is 6.38. The van der Waals surface area contributed by atoms with Crippen molar-refractivity contribution in [3.8, 4) is 5.75 Å². The second-order valence-corrected chi connectivity index (χ2v) is 6.37. The van der Waals surface area contributed by atoms with E-state index in [1.807, 2.05) is 6.92 Å². The summed E-state index contributed by atoms with van der Waals surface area (Å²) < 4.78 is 46.2. The molecule has 0 bridgehead atoms. The number of hydrogen-bond donors (Lipinski definition) is 1. The van der Waals surface area contributed by atoms with Crippen LogP contribution in [0.4, 0.5) is 4.39 Å². The summed E-state index contributed by atoms with van der Waals surface area (Å²) in [6, 6.07) is 3.85. The van der Waals surface area contributed by atoms with Crippen molar-refractivity contribution in [3.63, 3.8) is 0 Å². The Bertz CT molecular complexity index is 549. The maximum atomic E-state index is 13.6. The molecule has 7 heteroatoms. The molecule has 5 nitrogen and oxygen atoms in total. The monoisotopic (exact) mass is 304 g/mol. The molecular weight excluding hydrogens is 283 g/mol. The van der Waals surface area contributed by atoms with Gasteiger partial charge >= 0.3 is 0 Å². The van der Waals surface area contributed by atoms with E-state index in [-0.39, 0.29) is 5.75 Å². The van der Waals surface area contributed by atoms with Crippen LogP contribution in [-0.2, 0) is 10.2 Å². The minimum Gasteiger partial charge on any atom is -0.494 e. The Morgan fingerprint density at radius 1 is 1.45 bits per heavy atom. The number of benzene rings is 1. The first-order valence-corrected chi connectivity index (χ1v) is 7.82. The van der Waals surface area contributed by atoms with Gasteiger partial charge in [-0.1, -0.05) is 13.0 Å². The highest BCUT2D eigenvalue weighted by Gasteiger charge is 2.20. The maximum Gasteiger partial charge on any atom is 0.279 e. The van der Waals surface area contributed by atoms with Crippen LogP contribution >= 0.6 is 0 Å². The van der Waals surface area contributed by atoms with Crippen LogP contribution in [0.25, 0.3) is 0 Å². The Labute approximate surface area is 119 Å². The number of ether oxygens (including phenoxy) is 1. The number of nitrogens with one attached hydrogen (secondary N) is 1. The molecule has 0 aliphatic heterocycles. The molecule has 0 radical (unpaired) electrons. The third-order valence-electron chi connectivity index (χ3n) is 2.95. The predicted molar refractivity (Wildman–Crippen MR) is 76.3 cm³/mol. The summed E-state index contributed by atoms with van der Waals surface area (Å²) in [7, 11) is -0.683. The first-order chi connectivity index (χ1) is 9.31. The van der Waals surface area contributed by atoms with Crippen LogP contribution in [0, 0.1) is 5.82 Å². The number of nitrogens with zero attached hydrogens (tertiary/aromatic N) is 1. The number of halogens is 1. The zero-order valence-electron chi connectivity index (χ0n) is 12.2. The van der Waals surface area contributed by atoms with Gasteiger partial charge in [-0.05, 0) is 31.0 Å². The molecule has 0 aliphatic rings. The predicted octanol–water partition coefficient (Wildman–Crippen LogP) is 2.07. The molecule has 1 N–H and O–H groups in total. The highest BCUT2D eigenvalue weighted by atomic mass is 32.2. The zero-order valence-corrected chi connectivity index (χ0v) is 13.0.